The minimum absolute atomic E-state index is 0.0877. The van der Waals surface area contributed by atoms with Crippen LogP contribution in [0.25, 0.3) is 16.6 Å². The van der Waals surface area contributed by atoms with Gasteiger partial charge < -0.3 is 9.88 Å². The van der Waals surface area contributed by atoms with E-state index in [4.69, 9.17) is 0 Å². The highest BCUT2D eigenvalue weighted by Crippen LogP contribution is 2.38. The van der Waals surface area contributed by atoms with E-state index in [1.807, 2.05) is 17.9 Å². The molecule has 0 radical (unpaired) electrons. The first-order valence-electron chi connectivity index (χ1n) is 7.30. The van der Waals surface area contributed by atoms with Gasteiger partial charge in [-0.2, -0.15) is 0 Å². The molecular weight excluding hydrogens is 248 g/mol. The summed E-state index contributed by atoms with van der Waals surface area (Å²) in [5.74, 6) is 0.648. The molecule has 3 nitrogen and oxygen atoms in total. The first-order chi connectivity index (χ1) is 9.66. The van der Waals surface area contributed by atoms with Crippen molar-refractivity contribution >= 4 is 22.5 Å². The van der Waals surface area contributed by atoms with E-state index in [1.165, 1.54) is 16.5 Å². The number of nitrogens with zero attached hydrogens (tertiary/aromatic N) is 1. The van der Waals surface area contributed by atoms with Gasteiger partial charge in [-0.05, 0) is 24.0 Å². The van der Waals surface area contributed by atoms with Crippen LogP contribution in [0.2, 0.25) is 0 Å². The number of amides is 1. The van der Waals surface area contributed by atoms with Crippen molar-refractivity contribution in [2.45, 2.75) is 20.3 Å². The van der Waals surface area contributed by atoms with Crippen LogP contribution in [0.3, 0.4) is 0 Å². The van der Waals surface area contributed by atoms with Gasteiger partial charge in [0, 0.05) is 23.4 Å². The van der Waals surface area contributed by atoms with Crippen LogP contribution in [0.1, 0.15) is 25.1 Å². The van der Waals surface area contributed by atoms with Crippen LogP contribution in [-0.2, 0) is 11.2 Å². The number of allylic oxidation sites excluding steroid dienone is 1. The summed E-state index contributed by atoms with van der Waals surface area (Å²) in [5, 5.41) is 1.29. The van der Waals surface area contributed by atoms with Crippen LogP contribution in [0.15, 0.2) is 30.3 Å². The highest BCUT2D eigenvalue weighted by atomic mass is 16.2. The molecule has 0 saturated heterocycles. The molecule has 3 heteroatoms. The van der Waals surface area contributed by atoms with Crippen molar-refractivity contribution in [3.05, 3.63) is 41.6 Å². The van der Waals surface area contributed by atoms with E-state index in [-0.39, 0.29) is 11.8 Å². The van der Waals surface area contributed by atoms with E-state index in [2.05, 4.69) is 36.2 Å². The van der Waals surface area contributed by atoms with Gasteiger partial charge in [0.15, 0.2) is 0 Å². The van der Waals surface area contributed by atoms with E-state index in [0.29, 0.717) is 5.92 Å². The minimum Gasteiger partial charge on any atom is -0.353 e. The molecule has 2 aliphatic heterocycles. The highest BCUT2D eigenvalue weighted by molar-refractivity contribution is 5.96. The van der Waals surface area contributed by atoms with Crippen LogP contribution in [0, 0.1) is 11.8 Å². The number of fused-ring (bicyclic) bond motifs is 5. The third-order valence-corrected chi connectivity index (χ3v) is 4.81. The molecule has 0 bridgehead atoms. The number of aromatic amines is 1. The maximum atomic E-state index is 12.5. The molecule has 1 amide bonds. The van der Waals surface area contributed by atoms with Crippen molar-refractivity contribution in [2.75, 3.05) is 6.54 Å². The van der Waals surface area contributed by atoms with E-state index in [1.54, 1.807) is 0 Å². The first-order valence-corrected chi connectivity index (χ1v) is 7.30. The van der Waals surface area contributed by atoms with Crippen molar-refractivity contribution < 1.29 is 4.79 Å². The second kappa shape index (κ2) is 3.98. The van der Waals surface area contributed by atoms with Crippen LogP contribution in [0.5, 0.6) is 0 Å². The Balaban J connectivity index is 1.95. The Labute approximate surface area is 118 Å². The molecule has 1 aromatic heterocycles. The van der Waals surface area contributed by atoms with Gasteiger partial charge in [0.1, 0.15) is 0 Å². The normalized spacial score (nSPS) is 25.4. The topological polar surface area (TPSA) is 36.1 Å². The summed E-state index contributed by atoms with van der Waals surface area (Å²) < 4.78 is 0. The number of carbonyl (C=O) groups is 1. The van der Waals surface area contributed by atoms with Gasteiger partial charge in [-0.25, -0.2) is 0 Å². The van der Waals surface area contributed by atoms with Gasteiger partial charge >= 0.3 is 0 Å². The number of nitrogens with one attached hydrogen (secondary N) is 1. The number of hydrogen-bond acceptors (Lipinski definition) is 1. The first kappa shape index (κ1) is 11.8. The molecule has 0 unspecified atom stereocenters. The van der Waals surface area contributed by atoms with E-state index in [9.17, 15) is 4.79 Å². The molecule has 1 N–H and O–H groups in total. The van der Waals surface area contributed by atoms with Gasteiger partial charge in [-0.1, -0.05) is 38.1 Å². The summed E-state index contributed by atoms with van der Waals surface area (Å²) in [7, 11) is 0. The molecule has 102 valence electrons. The van der Waals surface area contributed by atoms with Crippen LogP contribution >= 0.6 is 0 Å². The van der Waals surface area contributed by atoms with Gasteiger partial charge in [-0.15, -0.1) is 0 Å². The predicted molar refractivity (Wildman–Crippen MR) is 80.0 cm³/mol. The lowest BCUT2D eigenvalue weighted by atomic mass is 9.86. The second-order valence-electron chi connectivity index (χ2n) is 5.96. The lowest BCUT2D eigenvalue weighted by Crippen LogP contribution is -2.43. The second-order valence-corrected chi connectivity index (χ2v) is 5.96. The number of H-pyrrole nitrogens is 1. The van der Waals surface area contributed by atoms with Crippen molar-refractivity contribution in [1.29, 1.82) is 0 Å². The van der Waals surface area contributed by atoms with Gasteiger partial charge in [-0.3, -0.25) is 4.79 Å². The SMILES string of the molecule is C[C@H]1C=C2c3[nH]c4ccccc4c3CCN2C(=O)[C@@H]1C. The average Bonchev–Trinajstić information content (AvgIpc) is 2.84. The molecule has 0 aliphatic carbocycles. The summed E-state index contributed by atoms with van der Waals surface area (Å²) in [5.41, 5.74) is 4.75. The fourth-order valence-electron chi connectivity index (χ4n) is 3.42. The van der Waals surface area contributed by atoms with E-state index in [0.717, 1.165) is 24.4 Å². The monoisotopic (exact) mass is 266 g/mol. The predicted octanol–water partition coefficient (Wildman–Crippen LogP) is 3.18. The fourth-order valence-corrected chi connectivity index (χ4v) is 3.42. The molecule has 2 aliphatic rings. The Morgan fingerprint density at radius 3 is 2.90 bits per heavy atom. The number of hydrogen-bond donors (Lipinski definition) is 1. The lowest BCUT2D eigenvalue weighted by Gasteiger charge is -2.37. The summed E-state index contributed by atoms with van der Waals surface area (Å²) in [4.78, 5) is 17.9. The molecule has 4 rings (SSSR count). The molecule has 0 fully saturated rings. The molecule has 20 heavy (non-hydrogen) atoms. The number of rotatable bonds is 0. The van der Waals surface area contributed by atoms with Crippen LogP contribution in [0.4, 0.5) is 0 Å². The molecule has 1 aromatic carbocycles. The van der Waals surface area contributed by atoms with Crippen molar-refractivity contribution in [1.82, 2.24) is 9.88 Å². The highest BCUT2D eigenvalue weighted by Gasteiger charge is 2.36. The molecule has 2 atom stereocenters. The Kier molecular flexibility index (Phi) is 2.34. The summed E-state index contributed by atoms with van der Waals surface area (Å²) in [6.45, 7) is 4.96. The van der Waals surface area contributed by atoms with Crippen molar-refractivity contribution in [2.24, 2.45) is 11.8 Å². The maximum absolute atomic E-state index is 12.5. The average molecular weight is 266 g/mol. The zero-order valence-corrected chi connectivity index (χ0v) is 11.8. The van der Waals surface area contributed by atoms with E-state index < -0.39 is 0 Å². The summed E-state index contributed by atoms with van der Waals surface area (Å²) in [6, 6.07) is 8.40. The minimum atomic E-state index is 0.0877. The molecular formula is C17H18N2O. The third kappa shape index (κ3) is 1.43. The summed E-state index contributed by atoms with van der Waals surface area (Å²) in [6.07, 6.45) is 3.18. The lowest BCUT2D eigenvalue weighted by molar-refractivity contribution is -0.133. The van der Waals surface area contributed by atoms with Gasteiger partial charge in [0.2, 0.25) is 5.91 Å². The Hall–Kier alpha value is -2.03. The Morgan fingerprint density at radius 2 is 2.05 bits per heavy atom. The smallest absolute Gasteiger partial charge is 0.230 e. The van der Waals surface area contributed by atoms with Crippen molar-refractivity contribution in [3.63, 3.8) is 0 Å². The molecule has 2 aromatic rings. The largest absolute Gasteiger partial charge is 0.353 e. The quantitative estimate of drug-likeness (QED) is 0.781. The number of aromatic nitrogens is 1. The van der Waals surface area contributed by atoms with E-state index >= 15 is 0 Å². The van der Waals surface area contributed by atoms with Gasteiger partial charge in [0.25, 0.3) is 0 Å². The number of carbonyl (C=O) groups excluding carboxylic acids is 1. The summed E-state index contributed by atoms with van der Waals surface area (Å²) >= 11 is 0. The zero-order valence-electron chi connectivity index (χ0n) is 11.8. The van der Waals surface area contributed by atoms with Crippen LogP contribution < -0.4 is 0 Å². The van der Waals surface area contributed by atoms with Crippen molar-refractivity contribution in [3.8, 4) is 0 Å². The standard InChI is InChI=1S/C17H18N2O/c1-10-9-15-16-13(7-8-19(15)17(20)11(10)2)12-5-3-4-6-14(12)18-16/h3-6,9-11,18H,7-8H2,1-2H3/t10-,11+/m0/s1. The zero-order chi connectivity index (χ0) is 13.9. The maximum Gasteiger partial charge on any atom is 0.230 e. The number of benzene rings is 1. The molecule has 3 heterocycles. The van der Waals surface area contributed by atoms with Crippen LogP contribution in [-0.4, -0.2) is 22.3 Å². The number of para-hydroxylation sites is 1. The molecule has 0 saturated carbocycles. The van der Waals surface area contributed by atoms with Gasteiger partial charge in [0.05, 0.1) is 11.4 Å². The Morgan fingerprint density at radius 1 is 1.25 bits per heavy atom. The molecule has 0 spiro atoms. The fraction of sp³-hybridized carbons (Fsp3) is 0.353. The third-order valence-electron chi connectivity index (χ3n) is 4.81. The Bertz CT molecular complexity index is 741.